The number of aliphatic carboxylic acids is 1. The van der Waals surface area contributed by atoms with Crippen molar-refractivity contribution in [1.82, 2.24) is 58.1 Å². The van der Waals surface area contributed by atoms with E-state index in [1.54, 1.807) is 47.8 Å². The molecule has 524 valence electrons. The number of primary amides is 1. The maximum atomic E-state index is 14.4. The quantitative estimate of drug-likeness (QED) is 0.0153. The number of hydrogen-bond acceptors (Lipinski definition) is 20. The fraction of sp³-hybridized carbons (Fsp3) is 0.754. The van der Waals surface area contributed by atoms with Crippen molar-refractivity contribution in [3.05, 3.63) is 0 Å². The number of rotatable bonds is 42. The van der Waals surface area contributed by atoms with Crippen LogP contribution in [0.4, 0.5) is 0 Å². The van der Waals surface area contributed by atoms with Gasteiger partial charge in [0.05, 0.1) is 31.8 Å². The topological polar surface area (TPSA) is 563 Å². The fourth-order valence-corrected chi connectivity index (χ4v) is 9.89. The number of carboxylic acid groups (broad SMARTS) is 1. The number of thioether (sulfide) groups is 1. The summed E-state index contributed by atoms with van der Waals surface area (Å²) in [5, 5.41) is 75.2. The molecule has 1 saturated heterocycles. The van der Waals surface area contributed by atoms with E-state index in [0.29, 0.717) is 12.2 Å². The third-order valence-electron chi connectivity index (χ3n) is 15.4. The molecule has 34 nitrogen and oxygen atoms in total. The number of nitrogens with zero attached hydrogens (tertiary/aromatic N) is 2. The largest absolute Gasteiger partial charge is 0.480 e. The summed E-state index contributed by atoms with van der Waals surface area (Å²) in [6.45, 7) is 13.4. The van der Waals surface area contributed by atoms with E-state index >= 15 is 0 Å². The molecule has 23 N–H and O–H groups in total. The van der Waals surface area contributed by atoms with Crippen LogP contribution >= 0.6 is 11.8 Å². The lowest BCUT2D eigenvalue weighted by Crippen LogP contribution is -2.63. The Bertz CT molecular complexity index is 2540. The number of nitrogens with one attached hydrogen (secondary N) is 10. The Morgan fingerprint density at radius 2 is 0.989 bits per heavy atom. The normalized spacial score (nSPS) is 17.9. The number of aliphatic hydroxyl groups is 4. The highest BCUT2D eigenvalue weighted by molar-refractivity contribution is 7.98. The molecule has 0 aromatic heterocycles. The standard InChI is InChI=1S/C57H102N16O18S/c1-12-28(7)42(52(86)67-37(25-75)49(83)69-41(27(5)6)56(90)91)70-47(81)34(22-26(3)4)65-48(82)36(24-74)68-54(88)44(31(10)77)72-53(87)43(29(8)13-2)71-50(84)38-17-15-20-73(38)55(89)35(23-39(58)78)66-45(79)32(16-14-19-62-57(60)61)63-46(80)33(18-21-92-11)64-51(85)40(59)30(9)76/h26-38,40-44,74-77H,12-25,59H2,1-11H3,(H2,58,78)(H,63,80)(H,64,85)(H,65,82)(H,66,79)(H,67,86)(H,68,88)(H,69,83)(H,70,81)(H,71,84)(H,72,87)(H,90,91)(H4,60,61,62)/t28-,29-,30+,31+,32-,33-,34-,35-,36-,37-,38-,40-,41-,42-,43-,44-/m0/s1. The minimum Gasteiger partial charge on any atom is -0.480 e. The van der Waals surface area contributed by atoms with E-state index in [9.17, 15) is 87.9 Å². The number of nitrogens with two attached hydrogens (primary N) is 4. The first-order chi connectivity index (χ1) is 43.0. The summed E-state index contributed by atoms with van der Waals surface area (Å²) in [7, 11) is 0. The van der Waals surface area contributed by atoms with Crippen molar-refractivity contribution in [1.29, 1.82) is 0 Å². The van der Waals surface area contributed by atoms with Gasteiger partial charge in [-0.1, -0.05) is 68.2 Å². The number of hydrogen-bond donors (Lipinski definition) is 19. The summed E-state index contributed by atoms with van der Waals surface area (Å²) in [6, 6.07) is -18.1. The zero-order valence-electron chi connectivity index (χ0n) is 54.4. The Hall–Kier alpha value is -7.47. The number of likely N-dealkylation sites (tertiary alicyclic amines) is 1. The lowest BCUT2D eigenvalue weighted by Gasteiger charge is -2.32. The summed E-state index contributed by atoms with van der Waals surface area (Å²) >= 11 is 1.35. The monoisotopic (exact) mass is 1330 g/mol. The van der Waals surface area contributed by atoms with Crippen LogP contribution in [0.2, 0.25) is 0 Å². The number of carbonyl (C=O) groups is 13. The number of amides is 12. The van der Waals surface area contributed by atoms with E-state index in [2.05, 4.69) is 58.2 Å². The molecule has 0 unspecified atom stereocenters. The maximum absolute atomic E-state index is 14.4. The lowest BCUT2D eigenvalue weighted by molar-refractivity contribution is -0.144. The molecule has 92 heavy (non-hydrogen) atoms. The number of aliphatic hydroxyl groups excluding tert-OH is 4. The molecule has 1 aliphatic heterocycles. The highest BCUT2D eigenvalue weighted by Crippen LogP contribution is 2.22. The van der Waals surface area contributed by atoms with E-state index in [0.717, 1.165) is 11.8 Å². The zero-order valence-corrected chi connectivity index (χ0v) is 55.3. The van der Waals surface area contributed by atoms with Crippen LogP contribution < -0.4 is 76.1 Å². The van der Waals surface area contributed by atoms with Crippen LogP contribution in [0.15, 0.2) is 4.99 Å². The molecule has 0 radical (unpaired) electrons. The summed E-state index contributed by atoms with van der Waals surface area (Å²) in [5.74, 6) is -15.1. The van der Waals surface area contributed by atoms with Crippen molar-refractivity contribution in [2.45, 2.75) is 212 Å². The molecule has 0 aliphatic carbocycles. The molecule has 0 aromatic carbocycles. The van der Waals surface area contributed by atoms with Gasteiger partial charge in [-0.25, -0.2) is 4.79 Å². The first-order valence-electron chi connectivity index (χ1n) is 30.7. The number of guanidine groups is 1. The predicted octanol–water partition coefficient (Wildman–Crippen LogP) is -6.54. The van der Waals surface area contributed by atoms with E-state index in [1.807, 2.05) is 0 Å². The number of carbonyl (C=O) groups excluding carboxylic acids is 12. The molecule has 0 spiro atoms. The fourth-order valence-electron chi connectivity index (χ4n) is 9.42. The van der Waals surface area contributed by atoms with Crippen molar-refractivity contribution in [3.8, 4) is 0 Å². The highest BCUT2D eigenvalue weighted by atomic mass is 32.2. The van der Waals surface area contributed by atoms with Crippen molar-refractivity contribution in [2.75, 3.05) is 38.3 Å². The molecule has 0 saturated carbocycles. The van der Waals surface area contributed by atoms with Gasteiger partial charge in [-0.05, 0) is 88.1 Å². The molecule has 12 amide bonds. The van der Waals surface area contributed by atoms with Crippen LogP contribution in [0.25, 0.3) is 0 Å². The molecule has 1 aliphatic rings. The SMILES string of the molecule is CC[C@H](C)[C@H](NC(=O)[C@H](CC(C)C)NC(=O)[C@H](CO)NC(=O)[C@@H](NC(=O)[C@@H](NC(=O)[C@@H]1CCCN1C(=O)[C@H](CC(N)=O)NC(=O)[C@H](CCCN=C(N)N)NC(=O)[C@H](CCSC)NC(=O)[C@@H](N)[C@@H](C)O)[C@@H](C)CC)[C@@H](C)O)C(=O)N[C@@H](CO)C(=O)N[C@H](C(=O)O)C(C)C. The van der Waals surface area contributed by atoms with Crippen molar-refractivity contribution < 1.29 is 87.9 Å². The molecule has 0 aromatic rings. The Morgan fingerprint density at radius 1 is 0.554 bits per heavy atom. The molecular formula is C57H102N16O18S. The summed E-state index contributed by atoms with van der Waals surface area (Å²) in [4.78, 5) is 181. The van der Waals surface area contributed by atoms with Crippen LogP contribution in [0.1, 0.15) is 127 Å². The van der Waals surface area contributed by atoms with Gasteiger partial charge in [0.15, 0.2) is 5.96 Å². The van der Waals surface area contributed by atoms with Crippen LogP contribution in [0.3, 0.4) is 0 Å². The highest BCUT2D eigenvalue weighted by Gasteiger charge is 2.43. The van der Waals surface area contributed by atoms with E-state index in [1.165, 1.54) is 32.5 Å². The van der Waals surface area contributed by atoms with Gasteiger partial charge >= 0.3 is 5.97 Å². The van der Waals surface area contributed by atoms with Crippen molar-refractivity contribution in [2.24, 2.45) is 51.6 Å². The number of aliphatic imine (C=N–C) groups is 1. The third kappa shape index (κ3) is 27.4. The third-order valence-corrected chi connectivity index (χ3v) is 16.0. The molecule has 0 bridgehead atoms. The van der Waals surface area contributed by atoms with E-state index in [-0.39, 0.29) is 69.9 Å². The molecule has 1 heterocycles. The van der Waals surface area contributed by atoms with Crippen molar-refractivity contribution >= 4 is 94.6 Å². The molecule has 16 atom stereocenters. The summed E-state index contributed by atoms with van der Waals surface area (Å²) < 4.78 is 0. The van der Waals surface area contributed by atoms with Gasteiger partial charge in [0.25, 0.3) is 0 Å². The van der Waals surface area contributed by atoms with Crippen molar-refractivity contribution in [3.63, 3.8) is 0 Å². The van der Waals surface area contributed by atoms with Gasteiger partial charge in [0, 0.05) is 13.1 Å². The Labute approximate surface area is 540 Å². The van der Waals surface area contributed by atoms with Gasteiger partial charge in [0.2, 0.25) is 70.9 Å². The Kier molecular flexibility index (Phi) is 37.0. The summed E-state index contributed by atoms with van der Waals surface area (Å²) in [5.41, 5.74) is 22.3. The van der Waals surface area contributed by atoms with Crippen LogP contribution in [0, 0.1) is 23.7 Å². The second-order valence-corrected chi connectivity index (χ2v) is 24.7. The minimum atomic E-state index is -1.86. The van der Waals surface area contributed by atoms with Gasteiger partial charge in [-0.3, -0.25) is 62.5 Å². The second kappa shape index (κ2) is 41.2. The molecular weight excluding hydrogens is 1230 g/mol. The number of carboxylic acids is 1. The molecule has 1 rings (SSSR count). The maximum Gasteiger partial charge on any atom is 0.326 e. The summed E-state index contributed by atoms with van der Waals surface area (Å²) in [6.07, 6.45) is -1.27. The van der Waals surface area contributed by atoms with Crippen LogP contribution in [-0.4, -0.2) is 236 Å². The van der Waals surface area contributed by atoms with Crippen LogP contribution in [0.5, 0.6) is 0 Å². The molecule has 35 heteroatoms. The average Bonchev–Trinajstić information content (AvgIpc) is 1.57. The van der Waals surface area contributed by atoms with Gasteiger partial charge < -0.3 is 107 Å². The Morgan fingerprint density at radius 3 is 1.46 bits per heavy atom. The smallest absolute Gasteiger partial charge is 0.326 e. The lowest BCUT2D eigenvalue weighted by atomic mass is 9.96. The van der Waals surface area contributed by atoms with E-state index in [4.69, 9.17) is 22.9 Å². The van der Waals surface area contributed by atoms with Gasteiger partial charge in [-0.2, -0.15) is 11.8 Å². The second-order valence-electron chi connectivity index (χ2n) is 23.8. The van der Waals surface area contributed by atoms with Gasteiger partial charge in [0.1, 0.15) is 72.5 Å². The first kappa shape index (κ1) is 82.5. The first-order valence-corrected chi connectivity index (χ1v) is 32.1. The van der Waals surface area contributed by atoms with Gasteiger partial charge in [-0.15, -0.1) is 0 Å². The zero-order chi connectivity index (χ0) is 70.4. The van der Waals surface area contributed by atoms with Crippen LogP contribution in [-0.2, 0) is 62.3 Å². The van der Waals surface area contributed by atoms with E-state index < -0.39 is 199 Å². The Balaban J connectivity index is 3.46. The average molecular weight is 1330 g/mol. The minimum absolute atomic E-state index is 0.00546. The molecule has 1 fully saturated rings. The predicted molar refractivity (Wildman–Crippen MR) is 337 cm³/mol.